The zero-order valence-corrected chi connectivity index (χ0v) is 25.7. The molecule has 0 rings (SSSR count). The monoisotopic (exact) mass is 488 g/mol. The molecule has 0 aromatic heterocycles. The molecule has 0 aromatic rings. The van der Waals surface area contributed by atoms with Crippen LogP contribution in [0.25, 0.3) is 0 Å². The fourth-order valence-electron chi connectivity index (χ4n) is 1.97. The van der Waals surface area contributed by atoms with Gasteiger partial charge in [0.2, 0.25) is 0 Å². The SMILES string of the molecule is C=C(C)/C(C)=C/C.C=C(C)CCCC.C=C/C(=C\C=C=CCCC(C)S)CC.CCC(C)CC. The molecule has 0 N–H and O–H groups in total. The minimum Gasteiger partial charge on any atom is -0.176 e. The Labute approximate surface area is 222 Å². The van der Waals surface area contributed by atoms with Crippen LogP contribution in [0.5, 0.6) is 0 Å². The van der Waals surface area contributed by atoms with Crippen molar-refractivity contribution in [3.8, 4) is 0 Å². The lowest BCUT2D eigenvalue weighted by atomic mass is 10.1. The molecule has 0 bridgehead atoms. The van der Waals surface area contributed by atoms with E-state index in [0.29, 0.717) is 5.25 Å². The average Bonchev–Trinajstić information content (AvgIpc) is 2.82. The largest absolute Gasteiger partial charge is 0.176 e. The molecule has 0 amide bonds. The lowest BCUT2D eigenvalue weighted by Gasteiger charge is -1.98. The van der Waals surface area contributed by atoms with Gasteiger partial charge in [0.1, 0.15) is 0 Å². The Hall–Kier alpha value is -1.43. The van der Waals surface area contributed by atoms with Crippen LogP contribution in [-0.2, 0) is 0 Å². The van der Waals surface area contributed by atoms with Crippen molar-refractivity contribution in [1.29, 1.82) is 0 Å². The molecule has 0 aliphatic carbocycles. The van der Waals surface area contributed by atoms with Crippen LogP contribution in [0.1, 0.15) is 121 Å². The molecule has 0 aliphatic rings. The second-order valence-electron chi connectivity index (χ2n) is 9.00. The van der Waals surface area contributed by atoms with Crippen molar-refractivity contribution in [1.82, 2.24) is 0 Å². The predicted octanol–water partition coefficient (Wildman–Crippen LogP) is 12.0. The minimum atomic E-state index is 0.475. The highest BCUT2D eigenvalue weighted by molar-refractivity contribution is 7.80. The fraction of sp³-hybridized carbons (Fsp3) is 0.606. The first-order valence-corrected chi connectivity index (χ1v) is 13.8. The molecule has 0 heterocycles. The number of hydrogen-bond acceptors (Lipinski definition) is 1. The van der Waals surface area contributed by atoms with Crippen molar-refractivity contribution < 1.29 is 0 Å². The van der Waals surface area contributed by atoms with Gasteiger partial charge >= 0.3 is 0 Å². The van der Waals surface area contributed by atoms with E-state index in [4.69, 9.17) is 0 Å². The van der Waals surface area contributed by atoms with Crippen LogP contribution in [0.2, 0.25) is 0 Å². The van der Waals surface area contributed by atoms with Gasteiger partial charge in [0, 0.05) is 0 Å². The molecule has 1 unspecified atom stereocenters. The summed E-state index contributed by atoms with van der Waals surface area (Å²) in [6, 6.07) is 0. The molecule has 34 heavy (non-hydrogen) atoms. The summed E-state index contributed by atoms with van der Waals surface area (Å²) >= 11 is 4.30. The van der Waals surface area contributed by atoms with Gasteiger partial charge in [-0.3, -0.25) is 0 Å². The van der Waals surface area contributed by atoms with Crippen LogP contribution in [-0.4, -0.2) is 5.25 Å². The van der Waals surface area contributed by atoms with Crippen molar-refractivity contribution in [2.45, 2.75) is 126 Å². The number of unbranched alkanes of at least 4 members (excludes halogenated alkanes) is 1. The van der Waals surface area contributed by atoms with Crippen LogP contribution >= 0.6 is 12.6 Å². The van der Waals surface area contributed by atoms with Crippen molar-refractivity contribution >= 4 is 12.6 Å². The molecule has 0 spiro atoms. The van der Waals surface area contributed by atoms with Gasteiger partial charge in [0.15, 0.2) is 0 Å². The summed E-state index contributed by atoms with van der Waals surface area (Å²) in [5.41, 5.74) is 8.12. The highest BCUT2D eigenvalue weighted by atomic mass is 32.1. The Balaban J connectivity index is -0.000000191. The first-order valence-electron chi connectivity index (χ1n) is 13.3. The van der Waals surface area contributed by atoms with Gasteiger partial charge in [-0.05, 0) is 88.7 Å². The van der Waals surface area contributed by atoms with E-state index in [-0.39, 0.29) is 0 Å². The standard InChI is InChI=1S/C13H20S.C7H12.C7H14.C6H14/c1-4-13(5-2)11-9-7-6-8-10-12(3)14;1-5-7(4)6(2)3;1-4-5-6-7(2)3;1-4-6(3)5-2/h4,6,9,11-12,14H,1,5,8,10H2,2-3H3;5H,2H2,1,3-4H3;2,4-6H2,1,3H3;6H,4-5H2,1-3H3/b13-11+;7-5+;;. The van der Waals surface area contributed by atoms with E-state index in [2.05, 4.69) is 106 Å². The van der Waals surface area contributed by atoms with E-state index in [1.165, 1.54) is 48.8 Å². The summed E-state index contributed by atoms with van der Waals surface area (Å²) in [6.45, 7) is 32.6. The van der Waals surface area contributed by atoms with Gasteiger partial charge in [-0.15, -0.1) is 12.3 Å². The van der Waals surface area contributed by atoms with E-state index >= 15 is 0 Å². The van der Waals surface area contributed by atoms with E-state index in [9.17, 15) is 0 Å². The van der Waals surface area contributed by atoms with Crippen molar-refractivity contribution in [3.63, 3.8) is 0 Å². The second kappa shape index (κ2) is 31.6. The summed E-state index contributed by atoms with van der Waals surface area (Å²) in [6.07, 6.45) is 19.6. The molecule has 0 radical (unpaired) electrons. The number of allylic oxidation sites excluding steroid dienone is 8. The summed E-state index contributed by atoms with van der Waals surface area (Å²) in [5.74, 6) is 0.935. The van der Waals surface area contributed by atoms with Crippen LogP contribution < -0.4 is 0 Å². The van der Waals surface area contributed by atoms with Gasteiger partial charge in [-0.2, -0.15) is 12.6 Å². The normalized spacial score (nSPS) is 11.3. The third-order valence-electron chi connectivity index (χ3n) is 5.37. The fourth-order valence-corrected chi connectivity index (χ4v) is 2.12. The van der Waals surface area contributed by atoms with E-state index in [0.717, 1.165) is 30.8 Å². The molecule has 0 saturated carbocycles. The molecule has 1 atom stereocenters. The summed E-state index contributed by atoms with van der Waals surface area (Å²) in [4.78, 5) is 0. The van der Waals surface area contributed by atoms with Gasteiger partial charge in [0.25, 0.3) is 0 Å². The Morgan fingerprint density at radius 1 is 1.00 bits per heavy atom. The summed E-state index contributed by atoms with van der Waals surface area (Å²) in [5, 5.41) is 0.475. The smallest absolute Gasteiger partial charge is 0.000842 e. The maximum absolute atomic E-state index is 4.30. The Kier molecular flexibility index (Phi) is 36.9. The molecular weight excluding hydrogens is 428 g/mol. The minimum absolute atomic E-state index is 0.475. The van der Waals surface area contributed by atoms with Crippen molar-refractivity contribution in [2.75, 3.05) is 0 Å². The highest BCUT2D eigenvalue weighted by Gasteiger charge is 1.89. The van der Waals surface area contributed by atoms with Gasteiger partial charge in [0.05, 0.1) is 0 Å². The van der Waals surface area contributed by atoms with Crippen molar-refractivity contribution in [2.24, 2.45) is 5.92 Å². The molecule has 0 fully saturated rings. The topological polar surface area (TPSA) is 0 Å². The Bertz CT molecular complexity index is 602. The van der Waals surface area contributed by atoms with E-state index in [1.54, 1.807) is 0 Å². The van der Waals surface area contributed by atoms with Gasteiger partial charge < -0.3 is 0 Å². The van der Waals surface area contributed by atoms with Gasteiger partial charge in [-0.1, -0.05) is 109 Å². The van der Waals surface area contributed by atoms with Crippen LogP contribution in [0.3, 0.4) is 0 Å². The van der Waals surface area contributed by atoms with Crippen LogP contribution in [0.4, 0.5) is 0 Å². The van der Waals surface area contributed by atoms with E-state index in [1.807, 2.05) is 32.1 Å². The van der Waals surface area contributed by atoms with Crippen LogP contribution in [0, 0.1) is 5.92 Å². The Morgan fingerprint density at radius 2 is 1.56 bits per heavy atom. The third-order valence-corrected chi connectivity index (χ3v) is 5.63. The second-order valence-corrected chi connectivity index (χ2v) is 9.88. The Morgan fingerprint density at radius 3 is 1.79 bits per heavy atom. The van der Waals surface area contributed by atoms with Crippen LogP contribution in [0.15, 0.2) is 78.1 Å². The maximum atomic E-state index is 4.30. The lowest BCUT2D eigenvalue weighted by molar-refractivity contribution is 0.544. The van der Waals surface area contributed by atoms with Crippen molar-refractivity contribution in [3.05, 3.63) is 78.1 Å². The number of rotatable bonds is 12. The molecule has 0 aromatic carbocycles. The highest BCUT2D eigenvalue weighted by Crippen LogP contribution is 2.04. The molecule has 1 heteroatoms. The number of hydrogen-bond donors (Lipinski definition) is 1. The molecular formula is C33H60S. The average molecular weight is 489 g/mol. The predicted molar refractivity (Wildman–Crippen MR) is 167 cm³/mol. The summed E-state index contributed by atoms with van der Waals surface area (Å²) in [7, 11) is 0. The maximum Gasteiger partial charge on any atom is -0.000842 e. The van der Waals surface area contributed by atoms with Gasteiger partial charge in [-0.25, -0.2) is 0 Å². The molecule has 0 aliphatic heterocycles. The quantitative estimate of drug-likeness (QED) is 0.120. The summed E-state index contributed by atoms with van der Waals surface area (Å²) < 4.78 is 0. The third kappa shape index (κ3) is 40.9. The first kappa shape index (κ1) is 39.8. The zero-order valence-electron chi connectivity index (χ0n) is 24.8. The lowest BCUT2D eigenvalue weighted by Crippen LogP contribution is -1.86. The zero-order chi connectivity index (χ0) is 27.4. The number of thiol groups is 1. The molecule has 0 saturated heterocycles. The van der Waals surface area contributed by atoms with E-state index < -0.39 is 0 Å². The molecule has 0 nitrogen and oxygen atoms in total. The first-order chi connectivity index (χ1) is 16.0. The molecule has 198 valence electrons.